The summed E-state index contributed by atoms with van der Waals surface area (Å²) in [6.07, 6.45) is 0. The molecule has 2 heteroatoms. The second-order valence-corrected chi connectivity index (χ2v) is 3.38. The number of allylic oxidation sites excluding steroid dienone is 3. The van der Waals surface area contributed by atoms with Crippen molar-refractivity contribution in [2.75, 3.05) is 0 Å². The largest absolute Gasteiger partial charge is 0.293 e. The Morgan fingerprint density at radius 1 is 1.08 bits per heavy atom. The molecule has 0 fully saturated rings. The van der Waals surface area contributed by atoms with Crippen molar-refractivity contribution in [1.82, 2.24) is 0 Å². The van der Waals surface area contributed by atoms with Crippen molar-refractivity contribution in [3.63, 3.8) is 0 Å². The van der Waals surface area contributed by atoms with Crippen molar-refractivity contribution in [3.8, 4) is 0 Å². The average molecular weight is 179 g/mol. The van der Waals surface area contributed by atoms with Gasteiger partial charge in [-0.15, -0.1) is 0 Å². The second-order valence-electron chi connectivity index (χ2n) is 3.38. The van der Waals surface area contributed by atoms with Crippen molar-refractivity contribution >= 4 is 11.5 Å². The number of Topliss-reactive ketones (excluding diaryl/α,β-unsaturated/α-hetero) is 1. The third-order valence-corrected chi connectivity index (χ3v) is 1.74. The Hall–Kier alpha value is -1.18. The van der Waals surface area contributed by atoms with E-state index in [0.717, 1.165) is 11.3 Å². The van der Waals surface area contributed by atoms with Gasteiger partial charge in [0.15, 0.2) is 5.78 Å². The summed E-state index contributed by atoms with van der Waals surface area (Å²) in [6, 6.07) is 0. The van der Waals surface area contributed by atoms with E-state index in [2.05, 4.69) is 11.6 Å². The van der Waals surface area contributed by atoms with Crippen molar-refractivity contribution in [3.05, 3.63) is 23.4 Å². The lowest BCUT2D eigenvalue weighted by molar-refractivity contribution is -0.111. The highest BCUT2D eigenvalue weighted by Crippen LogP contribution is 2.06. The van der Waals surface area contributed by atoms with Crippen LogP contribution < -0.4 is 0 Å². The van der Waals surface area contributed by atoms with Crippen LogP contribution in [0.5, 0.6) is 0 Å². The summed E-state index contributed by atoms with van der Waals surface area (Å²) in [5, 5.41) is 0. The molecule has 0 unspecified atom stereocenters. The van der Waals surface area contributed by atoms with Crippen molar-refractivity contribution in [2.24, 2.45) is 4.99 Å². The van der Waals surface area contributed by atoms with Crippen molar-refractivity contribution in [1.29, 1.82) is 0 Å². The van der Waals surface area contributed by atoms with Gasteiger partial charge in [0.2, 0.25) is 0 Å². The SMILES string of the molecule is C=C(C)C(=NC(C)=C(C)C)C(C)=O. The number of carbonyl (C=O) groups excluding carboxylic acids is 1. The van der Waals surface area contributed by atoms with Crippen LogP contribution in [0, 0.1) is 0 Å². The van der Waals surface area contributed by atoms with Crippen LogP contribution in [0.15, 0.2) is 28.4 Å². The number of carbonyl (C=O) groups is 1. The van der Waals surface area contributed by atoms with Gasteiger partial charge in [-0.1, -0.05) is 12.2 Å². The zero-order valence-electron chi connectivity index (χ0n) is 9.06. The molecular weight excluding hydrogens is 162 g/mol. The maximum Gasteiger partial charge on any atom is 0.178 e. The first-order valence-corrected chi connectivity index (χ1v) is 4.25. The van der Waals surface area contributed by atoms with E-state index in [-0.39, 0.29) is 5.78 Å². The molecule has 0 saturated carbocycles. The van der Waals surface area contributed by atoms with Gasteiger partial charge in [0.25, 0.3) is 0 Å². The number of rotatable bonds is 3. The standard InChI is InChI=1S/C11H17NO/c1-7(2)9(5)12-11(8(3)4)10(6)13/h3H2,1-2,4-6H3. The van der Waals surface area contributed by atoms with Crippen LogP contribution in [0.4, 0.5) is 0 Å². The molecule has 0 bridgehead atoms. The molecule has 0 aromatic rings. The summed E-state index contributed by atoms with van der Waals surface area (Å²) in [4.78, 5) is 15.4. The minimum absolute atomic E-state index is 0.0342. The van der Waals surface area contributed by atoms with E-state index in [0.29, 0.717) is 11.3 Å². The molecule has 72 valence electrons. The van der Waals surface area contributed by atoms with Gasteiger partial charge < -0.3 is 0 Å². The Bertz CT molecular complexity index is 275. The van der Waals surface area contributed by atoms with Crippen LogP contribution in [-0.4, -0.2) is 11.5 Å². The molecule has 0 N–H and O–H groups in total. The van der Waals surface area contributed by atoms with Crippen molar-refractivity contribution in [2.45, 2.75) is 34.6 Å². The monoisotopic (exact) mass is 179 g/mol. The van der Waals surface area contributed by atoms with E-state index >= 15 is 0 Å². The molecule has 0 atom stereocenters. The van der Waals surface area contributed by atoms with E-state index in [9.17, 15) is 4.79 Å². The van der Waals surface area contributed by atoms with Gasteiger partial charge in [-0.25, -0.2) is 4.99 Å². The van der Waals surface area contributed by atoms with Gasteiger partial charge in [-0.05, 0) is 33.3 Å². The highest BCUT2D eigenvalue weighted by molar-refractivity contribution is 6.45. The minimum Gasteiger partial charge on any atom is -0.293 e. The average Bonchev–Trinajstić information content (AvgIpc) is 1.97. The number of nitrogens with zero attached hydrogens (tertiary/aromatic N) is 1. The molecule has 0 aromatic heterocycles. The fourth-order valence-electron chi connectivity index (χ4n) is 0.754. The van der Waals surface area contributed by atoms with Crippen LogP contribution >= 0.6 is 0 Å². The van der Waals surface area contributed by atoms with E-state index in [1.54, 1.807) is 6.92 Å². The normalized spacial score (nSPS) is 11.0. The molecular formula is C11H17NO. The molecule has 0 radical (unpaired) electrons. The number of ketones is 1. The molecule has 0 rings (SSSR count). The van der Waals surface area contributed by atoms with Crippen LogP contribution in [0.1, 0.15) is 34.6 Å². The summed E-state index contributed by atoms with van der Waals surface area (Å²) in [5.41, 5.74) is 3.18. The summed E-state index contributed by atoms with van der Waals surface area (Å²) < 4.78 is 0. The summed E-state index contributed by atoms with van der Waals surface area (Å²) in [6.45, 7) is 12.8. The molecule has 0 aliphatic carbocycles. The van der Waals surface area contributed by atoms with Crippen LogP contribution in [0.3, 0.4) is 0 Å². The topological polar surface area (TPSA) is 29.4 Å². The highest BCUT2D eigenvalue weighted by atomic mass is 16.1. The Labute approximate surface area is 80.1 Å². The maximum absolute atomic E-state index is 11.1. The first kappa shape index (κ1) is 11.8. The van der Waals surface area contributed by atoms with Crippen LogP contribution in [-0.2, 0) is 4.79 Å². The summed E-state index contributed by atoms with van der Waals surface area (Å²) in [5.74, 6) is -0.0342. The smallest absolute Gasteiger partial charge is 0.178 e. The lowest BCUT2D eigenvalue weighted by atomic mass is 10.1. The Kier molecular flexibility index (Phi) is 4.32. The first-order valence-electron chi connectivity index (χ1n) is 4.25. The molecule has 0 spiro atoms. The predicted molar refractivity (Wildman–Crippen MR) is 57.0 cm³/mol. The number of hydrogen-bond acceptors (Lipinski definition) is 2. The van der Waals surface area contributed by atoms with Gasteiger partial charge in [-0.3, -0.25) is 4.79 Å². The lowest BCUT2D eigenvalue weighted by Gasteiger charge is -2.02. The van der Waals surface area contributed by atoms with E-state index in [1.165, 1.54) is 6.92 Å². The van der Waals surface area contributed by atoms with E-state index in [4.69, 9.17) is 0 Å². The summed E-state index contributed by atoms with van der Waals surface area (Å²) in [7, 11) is 0. The zero-order chi connectivity index (χ0) is 10.6. The quantitative estimate of drug-likeness (QED) is 0.612. The minimum atomic E-state index is -0.0342. The van der Waals surface area contributed by atoms with E-state index in [1.807, 2.05) is 20.8 Å². The number of aliphatic imine (C=N–C) groups is 1. The Morgan fingerprint density at radius 3 is 1.77 bits per heavy atom. The molecule has 13 heavy (non-hydrogen) atoms. The maximum atomic E-state index is 11.1. The molecule has 0 heterocycles. The highest BCUT2D eigenvalue weighted by Gasteiger charge is 2.06. The second kappa shape index (κ2) is 4.75. The molecule has 0 saturated heterocycles. The Morgan fingerprint density at radius 2 is 1.54 bits per heavy atom. The third kappa shape index (κ3) is 3.83. The molecule has 0 amide bonds. The van der Waals surface area contributed by atoms with E-state index < -0.39 is 0 Å². The van der Waals surface area contributed by atoms with Crippen LogP contribution in [0.25, 0.3) is 0 Å². The number of hydrogen-bond donors (Lipinski definition) is 0. The third-order valence-electron chi connectivity index (χ3n) is 1.74. The first-order chi connectivity index (χ1) is 5.86. The summed E-state index contributed by atoms with van der Waals surface area (Å²) >= 11 is 0. The fraction of sp³-hybridized carbons (Fsp3) is 0.455. The lowest BCUT2D eigenvalue weighted by Crippen LogP contribution is -2.10. The van der Waals surface area contributed by atoms with Gasteiger partial charge in [0.05, 0.1) is 0 Å². The molecule has 0 aliphatic heterocycles. The van der Waals surface area contributed by atoms with Gasteiger partial charge in [0.1, 0.15) is 5.71 Å². The zero-order valence-corrected chi connectivity index (χ0v) is 9.06. The molecule has 2 nitrogen and oxygen atoms in total. The fourth-order valence-corrected chi connectivity index (χ4v) is 0.754. The van der Waals surface area contributed by atoms with Crippen LogP contribution in [0.2, 0.25) is 0 Å². The van der Waals surface area contributed by atoms with Gasteiger partial charge in [0, 0.05) is 12.6 Å². The predicted octanol–water partition coefficient (Wildman–Crippen LogP) is 2.91. The van der Waals surface area contributed by atoms with Gasteiger partial charge in [-0.2, -0.15) is 0 Å². The molecule has 0 aromatic carbocycles. The molecule has 0 aliphatic rings. The van der Waals surface area contributed by atoms with Crippen molar-refractivity contribution < 1.29 is 4.79 Å². The Balaban J connectivity index is 5.08. The van der Waals surface area contributed by atoms with Gasteiger partial charge >= 0.3 is 0 Å².